The Hall–Kier alpha value is -0.960. The zero-order valence-corrected chi connectivity index (χ0v) is 7.64. The largest absolute Gasteiger partial charge is 0.393 e. The minimum atomic E-state index is -0.841. The zero-order valence-electron chi connectivity index (χ0n) is 7.64. The molecule has 0 radical (unpaired) electrons. The van der Waals surface area contributed by atoms with E-state index in [-0.39, 0.29) is 5.56 Å². The van der Waals surface area contributed by atoms with E-state index >= 15 is 0 Å². The van der Waals surface area contributed by atoms with Crippen molar-refractivity contribution in [3.8, 4) is 0 Å². The maximum Gasteiger partial charge on any atom is 0.161 e. The second kappa shape index (κ2) is 3.83. The first kappa shape index (κ1) is 10.1. The zero-order chi connectivity index (χ0) is 10.0. The third kappa shape index (κ3) is 2.25. The van der Waals surface area contributed by atoms with Gasteiger partial charge in [0.15, 0.2) is 11.6 Å². The average molecular weight is 186 g/mol. The first-order valence-electron chi connectivity index (χ1n) is 4.14. The maximum atomic E-state index is 13.0. The summed E-state index contributed by atoms with van der Waals surface area (Å²) < 4.78 is 25.6. The maximum absolute atomic E-state index is 13.0. The van der Waals surface area contributed by atoms with E-state index in [0.29, 0.717) is 12.0 Å². The fourth-order valence-electron chi connectivity index (χ4n) is 1.23. The van der Waals surface area contributed by atoms with Crippen LogP contribution in [0.1, 0.15) is 18.1 Å². The summed E-state index contributed by atoms with van der Waals surface area (Å²) in [5.41, 5.74) is 0.926. The predicted octanol–water partition coefficient (Wildman–Crippen LogP) is 2.20. The molecule has 0 aliphatic heterocycles. The van der Waals surface area contributed by atoms with Crippen LogP contribution in [0.5, 0.6) is 0 Å². The molecule has 0 aromatic heterocycles. The van der Waals surface area contributed by atoms with E-state index in [2.05, 4.69) is 0 Å². The van der Waals surface area contributed by atoms with Crippen molar-refractivity contribution in [3.05, 3.63) is 34.9 Å². The van der Waals surface area contributed by atoms with E-state index in [1.807, 2.05) is 0 Å². The van der Waals surface area contributed by atoms with E-state index in [1.54, 1.807) is 6.92 Å². The molecule has 1 nitrogen and oxygen atoms in total. The van der Waals surface area contributed by atoms with E-state index in [1.165, 1.54) is 13.0 Å². The minimum absolute atomic E-state index is 0.279. The molecule has 0 aliphatic carbocycles. The Kier molecular flexibility index (Phi) is 2.98. The summed E-state index contributed by atoms with van der Waals surface area (Å²) in [6, 6.07) is 2.58. The van der Waals surface area contributed by atoms with Crippen molar-refractivity contribution in [2.45, 2.75) is 26.4 Å². The molecule has 1 N–H and O–H groups in total. The summed E-state index contributed by atoms with van der Waals surface area (Å²) in [7, 11) is 0. The van der Waals surface area contributed by atoms with Gasteiger partial charge in [0, 0.05) is 0 Å². The van der Waals surface area contributed by atoms with Gasteiger partial charge in [-0.1, -0.05) is 6.07 Å². The normalized spacial score (nSPS) is 13.0. The van der Waals surface area contributed by atoms with Crippen LogP contribution in [0.15, 0.2) is 12.1 Å². The number of hydrogen-bond acceptors (Lipinski definition) is 1. The summed E-state index contributed by atoms with van der Waals surface area (Å²) in [4.78, 5) is 0. The van der Waals surface area contributed by atoms with Gasteiger partial charge in [0.05, 0.1) is 6.10 Å². The Morgan fingerprint density at radius 3 is 2.54 bits per heavy atom. The Morgan fingerprint density at radius 1 is 1.38 bits per heavy atom. The van der Waals surface area contributed by atoms with Gasteiger partial charge in [0.2, 0.25) is 0 Å². The van der Waals surface area contributed by atoms with Crippen LogP contribution in [-0.2, 0) is 6.42 Å². The summed E-state index contributed by atoms with van der Waals surface area (Å²) >= 11 is 0. The van der Waals surface area contributed by atoms with Gasteiger partial charge in [-0.3, -0.25) is 0 Å². The van der Waals surface area contributed by atoms with E-state index in [0.717, 1.165) is 6.07 Å². The highest BCUT2D eigenvalue weighted by molar-refractivity contribution is 5.28. The van der Waals surface area contributed by atoms with Gasteiger partial charge in [0.25, 0.3) is 0 Å². The van der Waals surface area contributed by atoms with Gasteiger partial charge in [-0.05, 0) is 37.5 Å². The minimum Gasteiger partial charge on any atom is -0.393 e. The highest BCUT2D eigenvalue weighted by atomic mass is 19.2. The molecule has 0 heterocycles. The monoisotopic (exact) mass is 186 g/mol. The molecule has 0 saturated heterocycles. The number of rotatable bonds is 2. The van der Waals surface area contributed by atoms with Crippen LogP contribution in [-0.4, -0.2) is 11.2 Å². The number of halogens is 2. The molecule has 0 saturated carbocycles. The first-order valence-corrected chi connectivity index (χ1v) is 4.14. The van der Waals surface area contributed by atoms with E-state index in [9.17, 15) is 8.78 Å². The molecule has 72 valence electrons. The molecule has 0 amide bonds. The van der Waals surface area contributed by atoms with E-state index < -0.39 is 17.7 Å². The molecule has 0 fully saturated rings. The van der Waals surface area contributed by atoms with Crippen LogP contribution < -0.4 is 0 Å². The molecule has 1 rings (SSSR count). The highest BCUT2D eigenvalue weighted by Gasteiger charge is 2.10. The van der Waals surface area contributed by atoms with Crippen LogP contribution in [0.3, 0.4) is 0 Å². The Labute approximate surface area is 76.0 Å². The lowest BCUT2D eigenvalue weighted by Crippen LogP contribution is -2.07. The van der Waals surface area contributed by atoms with Crippen molar-refractivity contribution in [3.63, 3.8) is 0 Å². The summed E-state index contributed by atoms with van der Waals surface area (Å²) in [5, 5.41) is 9.07. The van der Waals surface area contributed by atoms with Crippen molar-refractivity contribution in [1.82, 2.24) is 0 Å². The van der Waals surface area contributed by atoms with Crippen LogP contribution >= 0.6 is 0 Å². The van der Waals surface area contributed by atoms with Crippen LogP contribution in [0.2, 0.25) is 0 Å². The molecule has 1 aromatic rings. The lowest BCUT2D eigenvalue weighted by Gasteiger charge is -2.08. The molecule has 3 heteroatoms. The van der Waals surface area contributed by atoms with Gasteiger partial charge in [-0.15, -0.1) is 0 Å². The Bertz CT molecular complexity index is 308. The van der Waals surface area contributed by atoms with Crippen LogP contribution in [0.4, 0.5) is 8.78 Å². The fourth-order valence-corrected chi connectivity index (χ4v) is 1.23. The van der Waals surface area contributed by atoms with Gasteiger partial charge in [0.1, 0.15) is 0 Å². The van der Waals surface area contributed by atoms with Crippen LogP contribution in [0, 0.1) is 18.6 Å². The standard InChI is InChI=1S/C10H12F2O/c1-6(13)5-8-3-4-9(11)10(12)7(8)2/h3-4,6,13H,5H2,1-2H3. The van der Waals surface area contributed by atoms with Crippen molar-refractivity contribution in [2.24, 2.45) is 0 Å². The summed E-state index contributed by atoms with van der Waals surface area (Å²) in [6.45, 7) is 3.12. The van der Waals surface area contributed by atoms with Crippen molar-refractivity contribution in [2.75, 3.05) is 0 Å². The molecule has 0 aliphatic rings. The third-order valence-electron chi connectivity index (χ3n) is 1.97. The van der Waals surface area contributed by atoms with Crippen molar-refractivity contribution >= 4 is 0 Å². The molecule has 1 atom stereocenters. The third-order valence-corrected chi connectivity index (χ3v) is 1.97. The topological polar surface area (TPSA) is 20.2 Å². The molecule has 1 aromatic carbocycles. The second-order valence-corrected chi connectivity index (χ2v) is 3.20. The number of hydrogen-bond donors (Lipinski definition) is 1. The molecule has 0 spiro atoms. The quantitative estimate of drug-likeness (QED) is 0.750. The molecule has 13 heavy (non-hydrogen) atoms. The van der Waals surface area contributed by atoms with Gasteiger partial charge < -0.3 is 5.11 Å². The number of aliphatic hydroxyl groups is 1. The Balaban J connectivity index is 3.04. The first-order chi connectivity index (χ1) is 6.02. The molecular formula is C10H12F2O. The average Bonchev–Trinajstić information content (AvgIpc) is 2.06. The highest BCUT2D eigenvalue weighted by Crippen LogP contribution is 2.17. The molecule has 1 unspecified atom stereocenters. The van der Waals surface area contributed by atoms with Crippen LogP contribution in [0.25, 0.3) is 0 Å². The summed E-state index contributed by atoms with van der Waals surface area (Å²) in [6.07, 6.45) is -0.188. The lowest BCUT2D eigenvalue weighted by molar-refractivity contribution is 0.195. The fraction of sp³-hybridized carbons (Fsp3) is 0.400. The SMILES string of the molecule is Cc1c(CC(C)O)ccc(F)c1F. The molecule has 0 bridgehead atoms. The van der Waals surface area contributed by atoms with Crippen molar-refractivity contribution in [1.29, 1.82) is 0 Å². The Morgan fingerprint density at radius 2 is 2.00 bits per heavy atom. The van der Waals surface area contributed by atoms with Gasteiger partial charge in [-0.2, -0.15) is 0 Å². The van der Waals surface area contributed by atoms with Gasteiger partial charge >= 0.3 is 0 Å². The van der Waals surface area contributed by atoms with Crippen molar-refractivity contribution < 1.29 is 13.9 Å². The van der Waals surface area contributed by atoms with E-state index in [4.69, 9.17) is 5.11 Å². The lowest BCUT2D eigenvalue weighted by atomic mass is 10.0. The molecular weight excluding hydrogens is 174 g/mol. The second-order valence-electron chi connectivity index (χ2n) is 3.20. The smallest absolute Gasteiger partial charge is 0.161 e. The van der Waals surface area contributed by atoms with Gasteiger partial charge in [-0.25, -0.2) is 8.78 Å². The predicted molar refractivity (Wildman–Crippen MR) is 46.5 cm³/mol. The number of benzene rings is 1. The summed E-state index contributed by atoms with van der Waals surface area (Å²) in [5.74, 6) is -1.66. The number of aliphatic hydroxyl groups excluding tert-OH is 1.